The molecule has 2 aliphatic heterocycles. The van der Waals surface area contributed by atoms with Crippen molar-refractivity contribution in [2.24, 2.45) is 5.92 Å². The number of halogens is 1. The average molecular weight is 460 g/mol. The highest BCUT2D eigenvalue weighted by atomic mass is 19.1. The summed E-state index contributed by atoms with van der Waals surface area (Å²) >= 11 is 0. The lowest BCUT2D eigenvalue weighted by molar-refractivity contribution is 0.427. The quantitative estimate of drug-likeness (QED) is 0.469. The molecule has 6 rings (SSSR count). The number of benzene rings is 1. The molecule has 5 heterocycles. The monoisotopic (exact) mass is 459 g/mol. The average Bonchev–Trinajstić information content (AvgIpc) is 3.54. The number of rotatable bonds is 5. The van der Waals surface area contributed by atoms with Gasteiger partial charge in [0.05, 0.1) is 5.39 Å². The van der Waals surface area contributed by atoms with Crippen LogP contribution in [0.4, 0.5) is 16.0 Å². The van der Waals surface area contributed by atoms with Gasteiger partial charge in [0.15, 0.2) is 11.6 Å². The highest BCUT2D eigenvalue weighted by Gasteiger charge is 2.32. The second-order valence-electron chi connectivity index (χ2n) is 8.98. The molecule has 3 N–H and O–H groups in total. The van der Waals surface area contributed by atoms with Gasteiger partial charge in [0.2, 0.25) is 5.88 Å². The van der Waals surface area contributed by atoms with Crippen LogP contribution >= 0.6 is 0 Å². The molecule has 3 aromatic heterocycles. The Balaban J connectivity index is 1.43. The van der Waals surface area contributed by atoms with Crippen LogP contribution < -0.4 is 20.7 Å². The first-order valence-corrected chi connectivity index (χ1v) is 11.6. The first-order valence-electron chi connectivity index (χ1n) is 11.6. The zero-order valence-corrected chi connectivity index (χ0v) is 19.0. The second-order valence-corrected chi connectivity index (χ2v) is 8.98. The maximum absolute atomic E-state index is 15.3. The van der Waals surface area contributed by atoms with E-state index < -0.39 is 5.82 Å². The predicted molar refractivity (Wildman–Crippen MR) is 130 cm³/mol. The van der Waals surface area contributed by atoms with E-state index in [4.69, 9.17) is 10.5 Å². The van der Waals surface area contributed by atoms with Crippen LogP contribution in [0.2, 0.25) is 0 Å². The maximum atomic E-state index is 15.3. The van der Waals surface area contributed by atoms with E-state index in [1.54, 1.807) is 12.1 Å². The van der Waals surface area contributed by atoms with Crippen molar-refractivity contribution in [3.63, 3.8) is 0 Å². The van der Waals surface area contributed by atoms with E-state index in [1.807, 2.05) is 25.1 Å². The van der Waals surface area contributed by atoms with Crippen LogP contribution in [0.5, 0.6) is 11.6 Å². The number of aromatic nitrogens is 4. The predicted octanol–water partition coefficient (Wildman–Crippen LogP) is 3.74. The number of ether oxygens (including phenoxy) is 1. The number of pyridine rings is 1. The van der Waals surface area contributed by atoms with E-state index in [2.05, 4.69) is 29.7 Å². The summed E-state index contributed by atoms with van der Waals surface area (Å²) in [5.74, 6) is 2.02. The lowest BCUT2D eigenvalue weighted by atomic mass is 10.0. The molecule has 8 nitrogen and oxygen atoms in total. The molecular weight excluding hydrogens is 433 g/mol. The van der Waals surface area contributed by atoms with Gasteiger partial charge in [0, 0.05) is 37.0 Å². The van der Waals surface area contributed by atoms with E-state index in [9.17, 15) is 0 Å². The zero-order chi connectivity index (χ0) is 23.2. The Morgan fingerprint density at radius 1 is 1.21 bits per heavy atom. The van der Waals surface area contributed by atoms with Crippen molar-refractivity contribution in [3.05, 3.63) is 54.2 Å². The smallest absolute Gasteiger partial charge is 0.219 e. The Bertz CT molecular complexity index is 1380. The summed E-state index contributed by atoms with van der Waals surface area (Å²) < 4.78 is 23.2. The maximum Gasteiger partial charge on any atom is 0.219 e. The molecule has 0 radical (unpaired) electrons. The van der Waals surface area contributed by atoms with Gasteiger partial charge in [-0.15, -0.1) is 0 Å². The largest absolute Gasteiger partial charge is 0.436 e. The number of nitrogens with zero attached hydrogens (tertiary/aromatic N) is 5. The minimum Gasteiger partial charge on any atom is -0.436 e. The first-order chi connectivity index (χ1) is 16.6. The summed E-state index contributed by atoms with van der Waals surface area (Å²) in [7, 11) is 0. The van der Waals surface area contributed by atoms with Gasteiger partial charge >= 0.3 is 0 Å². The standard InChI is InChI=1S/C25H26FN7O/c1-15-3-2-4-20(31-15)34-19-6-5-17(11-18(19)26)21-22-23(27)29-14-30-24(22)33-10-9-32(25(21)33)13-16-7-8-28-12-16/h2-6,11,14,16,28H,7-10,12-13H2,1H3,(H2,27,29,30)/t16-/m0/s1. The molecule has 9 heteroatoms. The zero-order valence-electron chi connectivity index (χ0n) is 19.0. The Kier molecular flexibility index (Phi) is 5.06. The SMILES string of the molecule is Cc1cccc(Oc2ccc(-c3c4n(c5ncnc(N)c35)CCN4C[C@H]3CCNC3)cc2F)n1. The summed E-state index contributed by atoms with van der Waals surface area (Å²) in [5.41, 5.74) is 9.51. The number of anilines is 2. The Labute approximate surface area is 196 Å². The third-order valence-corrected chi connectivity index (χ3v) is 6.67. The van der Waals surface area contributed by atoms with Gasteiger partial charge in [0.25, 0.3) is 0 Å². The van der Waals surface area contributed by atoms with E-state index in [1.165, 1.54) is 12.4 Å². The summed E-state index contributed by atoms with van der Waals surface area (Å²) in [5, 5.41) is 4.21. The molecule has 0 spiro atoms. The van der Waals surface area contributed by atoms with Crippen LogP contribution in [0, 0.1) is 18.7 Å². The first kappa shape index (κ1) is 20.9. The highest BCUT2D eigenvalue weighted by molar-refractivity contribution is 6.07. The van der Waals surface area contributed by atoms with Crippen molar-refractivity contribution in [2.45, 2.75) is 19.9 Å². The molecule has 0 amide bonds. The van der Waals surface area contributed by atoms with Gasteiger partial charge in [-0.25, -0.2) is 19.3 Å². The fourth-order valence-electron chi connectivity index (χ4n) is 5.11. The molecule has 1 saturated heterocycles. The van der Waals surface area contributed by atoms with Gasteiger partial charge in [-0.05, 0) is 56.1 Å². The molecule has 0 aliphatic carbocycles. The highest BCUT2D eigenvalue weighted by Crippen LogP contribution is 2.45. The van der Waals surface area contributed by atoms with Gasteiger partial charge in [0.1, 0.15) is 23.6 Å². The lowest BCUT2D eigenvalue weighted by Crippen LogP contribution is -2.29. The van der Waals surface area contributed by atoms with Crippen LogP contribution in [0.1, 0.15) is 12.1 Å². The summed E-state index contributed by atoms with van der Waals surface area (Å²) in [4.78, 5) is 15.5. The van der Waals surface area contributed by atoms with Gasteiger partial charge in [-0.1, -0.05) is 12.1 Å². The van der Waals surface area contributed by atoms with Crippen molar-refractivity contribution in [3.8, 4) is 22.8 Å². The van der Waals surface area contributed by atoms with E-state index >= 15 is 4.39 Å². The molecule has 2 aliphatic rings. The molecular formula is C25H26FN7O. The number of fused-ring (bicyclic) bond motifs is 3. The van der Waals surface area contributed by atoms with Gasteiger partial charge in [-0.3, -0.25) is 0 Å². The Morgan fingerprint density at radius 2 is 2.12 bits per heavy atom. The van der Waals surface area contributed by atoms with Gasteiger partial charge < -0.3 is 25.3 Å². The number of nitrogens with two attached hydrogens (primary N) is 1. The van der Waals surface area contributed by atoms with Crippen molar-refractivity contribution < 1.29 is 9.13 Å². The van der Waals surface area contributed by atoms with E-state index in [0.29, 0.717) is 17.6 Å². The minimum atomic E-state index is -0.464. The number of nitrogen functional groups attached to an aromatic ring is 1. The topological polar surface area (TPSA) is 94.1 Å². The third-order valence-electron chi connectivity index (χ3n) is 6.67. The lowest BCUT2D eigenvalue weighted by Gasteiger charge is -2.23. The normalized spacial score (nSPS) is 17.5. The van der Waals surface area contributed by atoms with Crippen LogP contribution in [0.25, 0.3) is 22.2 Å². The van der Waals surface area contributed by atoms with Crippen molar-refractivity contribution in [1.82, 2.24) is 24.8 Å². The molecule has 34 heavy (non-hydrogen) atoms. The summed E-state index contributed by atoms with van der Waals surface area (Å²) in [6.07, 6.45) is 2.65. The van der Waals surface area contributed by atoms with Crippen LogP contribution in [-0.4, -0.2) is 45.7 Å². The fourth-order valence-corrected chi connectivity index (χ4v) is 5.11. The van der Waals surface area contributed by atoms with Crippen molar-refractivity contribution in [1.29, 1.82) is 0 Å². The molecule has 174 valence electrons. The molecule has 0 unspecified atom stereocenters. The molecule has 4 aromatic rings. The van der Waals surface area contributed by atoms with Crippen molar-refractivity contribution in [2.75, 3.05) is 36.8 Å². The van der Waals surface area contributed by atoms with Crippen LogP contribution in [0.15, 0.2) is 42.7 Å². The molecule has 0 saturated carbocycles. The number of nitrogens with one attached hydrogen (secondary N) is 1. The fraction of sp³-hybridized carbons (Fsp3) is 0.320. The third kappa shape index (κ3) is 3.52. The molecule has 1 fully saturated rings. The molecule has 0 bridgehead atoms. The number of aryl methyl sites for hydroxylation is 1. The summed E-state index contributed by atoms with van der Waals surface area (Å²) in [6, 6.07) is 10.4. The minimum absolute atomic E-state index is 0.125. The number of hydrogen-bond acceptors (Lipinski definition) is 7. The van der Waals surface area contributed by atoms with Gasteiger partial charge in [-0.2, -0.15) is 0 Å². The van der Waals surface area contributed by atoms with Crippen LogP contribution in [0.3, 0.4) is 0 Å². The molecule has 1 atom stereocenters. The molecule has 1 aromatic carbocycles. The second kappa shape index (κ2) is 8.25. The summed E-state index contributed by atoms with van der Waals surface area (Å²) in [6.45, 7) is 6.57. The van der Waals surface area contributed by atoms with Crippen molar-refractivity contribution >= 4 is 22.7 Å². The van der Waals surface area contributed by atoms with E-state index in [-0.39, 0.29) is 5.75 Å². The Hall–Kier alpha value is -3.72. The number of hydrogen-bond donors (Lipinski definition) is 2. The van der Waals surface area contributed by atoms with E-state index in [0.717, 1.165) is 72.8 Å². The van der Waals surface area contributed by atoms with Crippen LogP contribution in [-0.2, 0) is 6.54 Å². The Morgan fingerprint density at radius 3 is 2.91 bits per heavy atom.